The van der Waals surface area contributed by atoms with E-state index in [0.29, 0.717) is 12.4 Å². The second-order valence-electron chi connectivity index (χ2n) is 2.95. The molecule has 0 bridgehead atoms. The summed E-state index contributed by atoms with van der Waals surface area (Å²) in [5.74, 6) is 2.38. The van der Waals surface area contributed by atoms with Crippen molar-refractivity contribution in [1.82, 2.24) is 9.97 Å². The van der Waals surface area contributed by atoms with E-state index in [2.05, 4.69) is 22.6 Å². The number of fused-ring (bicyclic) bond motifs is 1. The number of aromatic nitrogens is 2. The van der Waals surface area contributed by atoms with Crippen molar-refractivity contribution in [2.75, 3.05) is 6.61 Å². The Morgan fingerprint density at radius 3 is 3.07 bits per heavy atom. The Labute approximate surface area is 87.9 Å². The predicted octanol–water partition coefficient (Wildman–Crippen LogP) is 2.39. The maximum atomic E-state index is 5.39. The number of H-pyrrole nitrogens is 1. The fourth-order valence-corrected chi connectivity index (χ4v) is 1.52. The minimum Gasteiger partial charge on any atom is -0.494 e. The molecular formula is C10H12N2OS. The predicted molar refractivity (Wildman–Crippen MR) is 60.0 cm³/mol. The van der Waals surface area contributed by atoms with E-state index in [1.807, 2.05) is 25.1 Å². The van der Waals surface area contributed by atoms with E-state index < -0.39 is 0 Å². The first-order chi connectivity index (χ1) is 6.83. The topological polar surface area (TPSA) is 37.9 Å². The average Bonchev–Trinajstić information content (AvgIpc) is 2.60. The molecule has 0 amide bonds. The molecule has 4 heteroatoms. The van der Waals surface area contributed by atoms with Crippen LogP contribution in [0.2, 0.25) is 0 Å². The summed E-state index contributed by atoms with van der Waals surface area (Å²) in [4.78, 5) is 7.52. The molecule has 2 aromatic rings. The standard InChI is InChI=1S/C10H12N2OS/c1-2-13-7-3-4-8-9(5-7)12-10(6-14)11-8/h3-5,14H,2,6H2,1H3,(H,11,12). The van der Waals surface area contributed by atoms with Gasteiger partial charge in [0.1, 0.15) is 11.6 Å². The normalized spacial score (nSPS) is 10.7. The van der Waals surface area contributed by atoms with Gasteiger partial charge in [-0.3, -0.25) is 0 Å². The highest BCUT2D eigenvalue weighted by Crippen LogP contribution is 2.19. The molecule has 0 unspecified atom stereocenters. The number of hydrogen-bond acceptors (Lipinski definition) is 3. The van der Waals surface area contributed by atoms with Gasteiger partial charge >= 0.3 is 0 Å². The summed E-state index contributed by atoms with van der Waals surface area (Å²) in [5.41, 5.74) is 1.96. The zero-order valence-corrected chi connectivity index (χ0v) is 8.84. The third-order valence-corrected chi connectivity index (χ3v) is 2.26. The largest absolute Gasteiger partial charge is 0.494 e. The number of aromatic amines is 1. The van der Waals surface area contributed by atoms with Gasteiger partial charge in [-0.15, -0.1) is 0 Å². The molecule has 1 heterocycles. The fraction of sp³-hybridized carbons (Fsp3) is 0.300. The summed E-state index contributed by atoms with van der Waals surface area (Å²) in [7, 11) is 0. The molecule has 0 aliphatic carbocycles. The Hall–Kier alpha value is -1.16. The summed E-state index contributed by atoms with van der Waals surface area (Å²) in [6.07, 6.45) is 0. The number of hydrogen-bond donors (Lipinski definition) is 2. The molecule has 0 saturated heterocycles. The van der Waals surface area contributed by atoms with Crippen molar-refractivity contribution < 1.29 is 4.74 Å². The van der Waals surface area contributed by atoms with Gasteiger partial charge in [0, 0.05) is 11.8 Å². The van der Waals surface area contributed by atoms with E-state index in [-0.39, 0.29) is 0 Å². The molecule has 1 aromatic heterocycles. The van der Waals surface area contributed by atoms with E-state index in [1.54, 1.807) is 0 Å². The molecule has 0 atom stereocenters. The van der Waals surface area contributed by atoms with Crippen molar-refractivity contribution in [2.45, 2.75) is 12.7 Å². The highest BCUT2D eigenvalue weighted by Gasteiger charge is 2.02. The molecule has 74 valence electrons. The molecule has 1 aromatic carbocycles. The number of ether oxygens (including phenoxy) is 1. The van der Waals surface area contributed by atoms with Crippen LogP contribution in [0.5, 0.6) is 5.75 Å². The number of imidazole rings is 1. The SMILES string of the molecule is CCOc1ccc2nc(CS)[nH]c2c1. The van der Waals surface area contributed by atoms with Gasteiger partial charge in [0.25, 0.3) is 0 Å². The second kappa shape index (κ2) is 3.92. The van der Waals surface area contributed by atoms with E-state index in [4.69, 9.17) is 4.74 Å². The van der Waals surface area contributed by atoms with Gasteiger partial charge in [-0.25, -0.2) is 4.98 Å². The van der Waals surface area contributed by atoms with Gasteiger partial charge in [-0.1, -0.05) is 0 Å². The van der Waals surface area contributed by atoms with Gasteiger partial charge in [-0.05, 0) is 19.1 Å². The van der Waals surface area contributed by atoms with Crippen LogP contribution in [-0.2, 0) is 5.75 Å². The Bertz CT molecular complexity index is 439. The molecule has 0 spiro atoms. The highest BCUT2D eigenvalue weighted by molar-refractivity contribution is 7.79. The summed E-state index contributed by atoms with van der Waals surface area (Å²) >= 11 is 4.16. The maximum absolute atomic E-state index is 5.39. The number of benzene rings is 1. The summed E-state index contributed by atoms with van der Waals surface area (Å²) in [5, 5.41) is 0. The summed E-state index contributed by atoms with van der Waals surface area (Å²) in [6.45, 7) is 2.65. The fourth-order valence-electron chi connectivity index (χ4n) is 1.37. The molecule has 0 aliphatic heterocycles. The molecular weight excluding hydrogens is 196 g/mol. The minimum absolute atomic E-state index is 0.624. The number of nitrogens with one attached hydrogen (secondary N) is 1. The minimum atomic E-state index is 0.624. The summed E-state index contributed by atoms with van der Waals surface area (Å²) < 4.78 is 5.39. The van der Waals surface area contributed by atoms with Crippen LogP contribution in [0, 0.1) is 0 Å². The molecule has 1 N–H and O–H groups in total. The van der Waals surface area contributed by atoms with Crippen LogP contribution in [0.1, 0.15) is 12.7 Å². The first-order valence-electron chi connectivity index (χ1n) is 4.55. The molecule has 0 radical (unpaired) electrons. The van der Waals surface area contributed by atoms with E-state index in [9.17, 15) is 0 Å². The van der Waals surface area contributed by atoms with Crippen LogP contribution in [0.15, 0.2) is 18.2 Å². The lowest BCUT2D eigenvalue weighted by atomic mass is 10.3. The number of rotatable bonds is 3. The van der Waals surface area contributed by atoms with Crippen molar-refractivity contribution in [1.29, 1.82) is 0 Å². The molecule has 14 heavy (non-hydrogen) atoms. The van der Waals surface area contributed by atoms with Gasteiger partial charge in [-0.2, -0.15) is 12.6 Å². The highest BCUT2D eigenvalue weighted by atomic mass is 32.1. The molecule has 0 aliphatic rings. The number of nitrogens with zero attached hydrogens (tertiary/aromatic N) is 1. The second-order valence-corrected chi connectivity index (χ2v) is 3.27. The first-order valence-corrected chi connectivity index (χ1v) is 5.19. The Kier molecular flexibility index (Phi) is 2.63. The molecule has 2 rings (SSSR count). The lowest BCUT2D eigenvalue weighted by molar-refractivity contribution is 0.340. The van der Waals surface area contributed by atoms with Crippen LogP contribution in [0.3, 0.4) is 0 Å². The van der Waals surface area contributed by atoms with Crippen molar-refractivity contribution >= 4 is 23.7 Å². The van der Waals surface area contributed by atoms with Crippen molar-refractivity contribution in [3.05, 3.63) is 24.0 Å². The monoisotopic (exact) mass is 208 g/mol. The van der Waals surface area contributed by atoms with E-state index >= 15 is 0 Å². The number of thiol groups is 1. The zero-order valence-electron chi connectivity index (χ0n) is 7.95. The first kappa shape index (κ1) is 9.40. The van der Waals surface area contributed by atoms with Gasteiger partial charge < -0.3 is 9.72 Å². The van der Waals surface area contributed by atoms with Crippen LogP contribution in [0.4, 0.5) is 0 Å². The summed E-state index contributed by atoms with van der Waals surface area (Å²) in [6, 6.07) is 5.83. The molecule has 3 nitrogen and oxygen atoms in total. The lowest BCUT2D eigenvalue weighted by Crippen LogP contribution is -1.90. The third-order valence-electron chi connectivity index (χ3n) is 1.96. The average molecular weight is 208 g/mol. The van der Waals surface area contributed by atoms with Crippen molar-refractivity contribution in [3.8, 4) is 5.75 Å². The Morgan fingerprint density at radius 1 is 1.50 bits per heavy atom. The van der Waals surface area contributed by atoms with E-state index in [0.717, 1.165) is 22.6 Å². The Morgan fingerprint density at radius 2 is 2.36 bits per heavy atom. The van der Waals surface area contributed by atoms with Gasteiger partial charge in [0.05, 0.1) is 17.6 Å². The van der Waals surface area contributed by atoms with Crippen LogP contribution >= 0.6 is 12.6 Å². The smallest absolute Gasteiger partial charge is 0.121 e. The van der Waals surface area contributed by atoms with Crippen LogP contribution < -0.4 is 4.74 Å². The van der Waals surface area contributed by atoms with Crippen molar-refractivity contribution in [3.63, 3.8) is 0 Å². The maximum Gasteiger partial charge on any atom is 0.121 e. The van der Waals surface area contributed by atoms with E-state index in [1.165, 1.54) is 0 Å². The zero-order chi connectivity index (χ0) is 9.97. The van der Waals surface area contributed by atoms with Crippen LogP contribution in [-0.4, -0.2) is 16.6 Å². The van der Waals surface area contributed by atoms with Crippen molar-refractivity contribution in [2.24, 2.45) is 0 Å². The third kappa shape index (κ3) is 1.70. The van der Waals surface area contributed by atoms with Crippen LogP contribution in [0.25, 0.3) is 11.0 Å². The molecule has 0 saturated carbocycles. The quantitative estimate of drug-likeness (QED) is 0.760. The molecule has 0 fully saturated rings. The van der Waals surface area contributed by atoms with Gasteiger partial charge in [0.2, 0.25) is 0 Å². The Balaban J connectivity index is 2.43. The van der Waals surface area contributed by atoms with Gasteiger partial charge in [0.15, 0.2) is 0 Å². The lowest BCUT2D eigenvalue weighted by Gasteiger charge is -2.00.